The van der Waals surface area contributed by atoms with E-state index in [9.17, 15) is 22.8 Å². The van der Waals surface area contributed by atoms with Gasteiger partial charge in [0.05, 0.1) is 21.8 Å². The summed E-state index contributed by atoms with van der Waals surface area (Å²) in [5.74, 6) is -1.26. The number of benzene rings is 3. The molecule has 1 N–H and O–H groups in total. The Hall–Kier alpha value is -3.96. The number of hydrogen-bond acceptors (Lipinski definition) is 6. The second-order valence-electron chi connectivity index (χ2n) is 8.50. The van der Waals surface area contributed by atoms with E-state index in [-0.39, 0.29) is 16.1 Å². The van der Waals surface area contributed by atoms with Gasteiger partial charge in [-0.3, -0.25) is 19.0 Å². The van der Waals surface area contributed by atoms with Gasteiger partial charge in [-0.05, 0) is 49.7 Å². The van der Waals surface area contributed by atoms with Crippen molar-refractivity contribution >= 4 is 43.4 Å². The molecule has 4 rings (SSSR count). The van der Waals surface area contributed by atoms with E-state index in [1.54, 1.807) is 74.1 Å². The number of aryl methyl sites for hydroxylation is 1. The van der Waals surface area contributed by atoms with Crippen LogP contribution in [0.3, 0.4) is 0 Å². The molecule has 0 atom stereocenters. The maximum Gasteiger partial charge on any atom is 0.338 e. The first kappa shape index (κ1) is 27.1. The first-order valence-corrected chi connectivity index (χ1v) is 13.7. The smallest absolute Gasteiger partial charge is 0.338 e. The zero-order valence-electron chi connectivity index (χ0n) is 20.8. The Morgan fingerprint density at radius 3 is 2.29 bits per heavy atom. The molecule has 0 amide bonds. The van der Waals surface area contributed by atoms with Gasteiger partial charge in [0.2, 0.25) is 5.78 Å². The van der Waals surface area contributed by atoms with Crippen LogP contribution >= 0.6 is 15.9 Å². The predicted octanol–water partition coefficient (Wildman–Crippen LogP) is 4.40. The number of nitrogens with one attached hydrogen (secondary N) is 1. The second-order valence-corrected chi connectivity index (χ2v) is 11.0. The van der Waals surface area contributed by atoms with Crippen molar-refractivity contribution < 1.29 is 22.7 Å². The van der Waals surface area contributed by atoms with Crippen LogP contribution in [0.5, 0.6) is 0 Å². The molecule has 0 unspecified atom stereocenters. The highest BCUT2D eigenvalue weighted by atomic mass is 79.9. The summed E-state index contributed by atoms with van der Waals surface area (Å²) in [5, 5.41) is 0. The third kappa shape index (κ3) is 5.34. The third-order valence-corrected chi connectivity index (χ3v) is 8.08. The molecule has 0 aliphatic rings. The maximum absolute atomic E-state index is 13.3. The van der Waals surface area contributed by atoms with Crippen molar-refractivity contribution in [1.29, 1.82) is 0 Å². The molecule has 0 saturated heterocycles. The number of aromatic nitrogens is 2. The monoisotopic (exact) mass is 597 g/mol. The van der Waals surface area contributed by atoms with Crippen LogP contribution < -0.4 is 10.3 Å². The van der Waals surface area contributed by atoms with Crippen LogP contribution in [0.2, 0.25) is 0 Å². The zero-order valence-corrected chi connectivity index (χ0v) is 23.2. The SMILES string of the molecule is Cc1ccc(S(=O)(=O)Nc2c(C)n(C)n(-c3ccccc3)c2=O)cc1C(=O)OCC(=O)c1ccccc1Br. The summed E-state index contributed by atoms with van der Waals surface area (Å²) in [6, 6.07) is 19.5. The molecule has 3 aromatic carbocycles. The topological polar surface area (TPSA) is 116 Å². The van der Waals surface area contributed by atoms with Gasteiger partial charge in [0, 0.05) is 17.1 Å². The summed E-state index contributed by atoms with van der Waals surface area (Å²) >= 11 is 3.29. The average Bonchev–Trinajstić information content (AvgIpc) is 3.10. The van der Waals surface area contributed by atoms with Gasteiger partial charge in [-0.2, -0.15) is 0 Å². The largest absolute Gasteiger partial charge is 0.454 e. The predicted molar refractivity (Wildman–Crippen MR) is 146 cm³/mol. The Labute approximate surface area is 227 Å². The highest BCUT2D eigenvalue weighted by Gasteiger charge is 2.24. The van der Waals surface area contributed by atoms with E-state index in [4.69, 9.17) is 4.74 Å². The lowest BCUT2D eigenvalue weighted by molar-refractivity contribution is 0.0473. The number of sulfonamides is 1. The van der Waals surface area contributed by atoms with Gasteiger partial charge in [-0.25, -0.2) is 17.9 Å². The first-order chi connectivity index (χ1) is 18.0. The van der Waals surface area contributed by atoms with Crippen molar-refractivity contribution in [3.8, 4) is 5.69 Å². The van der Waals surface area contributed by atoms with Gasteiger partial charge in [-0.15, -0.1) is 0 Å². The maximum atomic E-state index is 13.3. The number of para-hydroxylation sites is 1. The highest BCUT2D eigenvalue weighted by Crippen LogP contribution is 2.22. The number of halogens is 1. The summed E-state index contributed by atoms with van der Waals surface area (Å²) in [7, 11) is -2.60. The lowest BCUT2D eigenvalue weighted by Gasteiger charge is -2.11. The summed E-state index contributed by atoms with van der Waals surface area (Å²) in [4.78, 5) is 38.2. The van der Waals surface area contributed by atoms with Crippen molar-refractivity contribution in [3.63, 3.8) is 0 Å². The van der Waals surface area contributed by atoms with Crippen LogP contribution in [0.25, 0.3) is 5.69 Å². The number of rotatable bonds is 8. The first-order valence-electron chi connectivity index (χ1n) is 11.4. The minimum absolute atomic E-state index is 0.0146. The Morgan fingerprint density at radius 2 is 1.61 bits per heavy atom. The molecular formula is C27H24BrN3O6S. The van der Waals surface area contributed by atoms with E-state index < -0.39 is 33.9 Å². The van der Waals surface area contributed by atoms with E-state index in [0.717, 1.165) is 6.07 Å². The van der Waals surface area contributed by atoms with Gasteiger partial charge in [0.15, 0.2) is 6.61 Å². The fourth-order valence-corrected chi connectivity index (χ4v) is 5.49. The molecule has 0 saturated carbocycles. The lowest BCUT2D eigenvalue weighted by atomic mass is 10.1. The highest BCUT2D eigenvalue weighted by molar-refractivity contribution is 9.10. The lowest BCUT2D eigenvalue weighted by Crippen LogP contribution is -2.23. The number of nitrogens with zero attached hydrogens (tertiary/aromatic N) is 2. The molecule has 0 bridgehead atoms. The number of esters is 1. The van der Waals surface area contributed by atoms with Gasteiger partial charge in [0.1, 0.15) is 5.69 Å². The molecule has 0 fully saturated rings. The molecule has 0 spiro atoms. The molecule has 4 aromatic rings. The number of hydrogen-bond donors (Lipinski definition) is 1. The van der Waals surface area contributed by atoms with Crippen LogP contribution in [0, 0.1) is 13.8 Å². The molecule has 196 valence electrons. The van der Waals surface area contributed by atoms with Gasteiger partial charge in [0.25, 0.3) is 15.6 Å². The minimum Gasteiger partial charge on any atom is -0.454 e. The van der Waals surface area contributed by atoms with Crippen LogP contribution in [0.4, 0.5) is 5.69 Å². The number of anilines is 1. The summed E-state index contributed by atoms with van der Waals surface area (Å²) < 4.78 is 37.6. The Kier molecular flexibility index (Phi) is 7.70. The van der Waals surface area contributed by atoms with Crippen LogP contribution in [0.1, 0.15) is 32.0 Å². The minimum atomic E-state index is -4.25. The zero-order chi connectivity index (χ0) is 27.6. The number of carbonyl (C=O) groups excluding carboxylic acids is 2. The summed E-state index contributed by atoms with van der Waals surface area (Å²) in [6.45, 7) is 2.73. The van der Waals surface area contributed by atoms with E-state index in [0.29, 0.717) is 27.0 Å². The van der Waals surface area contributed by atoms with Crippen molar-refractivity contribution in [2.45, 2.75) is 18.7 Å². The van der Waals surface area contributed by atoms with Crippen molar-refractivity contribution in [2.75, 3.05) is 11.3 Å². The molecule has 11 heteroatoms. The number of ether oxygens (including phenoxy) is 1. The summed E-state index contributed by atoms with van der Waals surface area (Å²) in [5.41, 5.74) is 1.13. The quantitative estimate of drug-likeness (QED) is 0.238. The van der Waals surface area contributed by atoms with Crippen LogP contribution in [-0.4, -0.2) is 36.1 Å². The van der Waals surface area contributed by atoms with Crippen LogP contribution in [-0.2, 0) is 21.8 Å². The number of Topliss-reactive ketones (excluding diaryl/α,β-unsaturated/α-hetero) is 1. The fraction of sp³-hybridized carbons (Fsp3) is 0.148. The van der Waals surface area contributed by atoms with Gasteiger partial charge < -0.3 is 4.74 Å². The Bertz CT molecular complexity index is 1710. The van der Waals surface area contributed by atoms with Crippen molar-refractivity contribution in [2.24, 2.45) is 7.05 Å². The van der Waals surface area contributed by atoms with Crippen molar-refractivity contribution in [1.82, 2.24) is 9.36 Å². The van der Waals surface area contributed by atoms with E-state index in [1.807, 2.05) is 6.07 Å². The molecule has 38 heavy (non-hydrogen) atoms. The number of ketones is 1. The van der Waals surface area contributed by atoms with E-state index in [2.05, 4.69) is 20.7 Å². The molecular weight excluding hydrogens is 574 g/mol. The van der Waals surface area contributed by atoms with Crippen LogP contribution in [0.15, 0.2) is 87.0 Å². The standard InChI is InChI=1S/C27H24BrN3O6S/c1-17-13-14-20(15-22(17)27(34)37-16-24(32)21-11-7-8-12-23(21)28)38(35,36)29-25-18(2)30(3)31(26(25)33)19-9-5-4-6-10-19/h4-15,29H,16H2,1-3H3. The molecule has 0 aliphatic heterocycles. The fourth-order valence-electron chi connectivity index (χ4n) is 3.84. The molecule has 1 aromatic heterocycles. The Balaban J connectivity index is 1.59. The molecule has 0 radical (unpaired) electrons. The second kappa shape index (κ2) is 10.8. The summed E-state index contributed by atoms with van der Waals surface area (Å²) in [6.07, 6.45) is 0. The molecule has 9 nitrogen and oxygen atoms in total. The molecule has 1 heterocycles. The number of carbonyl (C=O) groups is 2. The Morgan fingerprint density at radius 1 is 0.947 bits per heavy atom. The van der Waals surface area contributed by atoms with Gasteiger partial charge in [-0.1, -0.05) is 58.4 Å². The van der Waals surface area contributed by atoms with Crippen molar-refractivity contribution in [3.05, 3.63) is 110 Å². The average molecular weight is 598 g/mol. The normalized spacial score (nSPS) is 11.3. The molecule has 0 aliphatic carbocycles. The van der Waals surface area contributed by atoms with Gasteiger partial charge >= 0.3 is 5.97 Å². The van der Waals surface area contributed by atoms with E-state index >= 15 is 0 Å². The van der Waals surface area contributed by atoms with E-state index in [1.165, 1.54) is 16.8 Å². The third-order valence-electron chi connectivity index (χ3n) is 6.04.